The molecular formula is C18H26FN5O3+2. The second-order valence-corrected chi connectivity index (χ2v) is 7.07. The molecule has 0 aliphatic carbocycles. The van der Waals surface area contributed by atoms with Crippen molar-refractivity contribution < 1.29 is 23.9 Å². The number of ether oxygens (including phenoxy) is 1. The molecule has 2 N–H and O–H groups in total. The zero-order valence-electron chi connectivity index (χ0n) is 15.9. The topological polar surface area (TPSA) is 79.1 Å². The Bertz CT molecular complexity index is 831. The molecule has 27 heavy (non-hydrogen) atoms. The van der Waals surface area contributed by atoms with Crippen molar-refractivity contribution in [1.29, 1.82) is 0 Å². The first-order chi connectivity index (χ1) is 12.9. The lowest BCUT2D eigenvalue weighted by atomic mass is 10.1. The Balaban J connectivity index is 1.59. The van der Waals surface area contributed by atoms with E-state index in [1.807, 2.05) is 0 Å². The number of nitrogens with one attached hydrogen (secondary N) is 2. The van der Waals surface area contributed by atoms with Gasteiger partial charge >= 0.3 is 5.69 Å². The van der Waals surface area contributed by atoms with E-state index in [0.717, 1.165) is 38.3 Å². The maximum atomic E-state index is 13.5. The van der Waals surface area contributed by atoms with Crippen LogP contribution in [0.2, 0.25) is 0 Å². The lowest BCUT2D eigenvalue weighted by Gasteiger charge is -2.30. The number of benzene rings is 1. The third kappa shape index (κ3) is 4.25. The highest BCUT2D eigenvalue weighted by atomic mass is 19.1. The number of quaternary nitrogens is 2. The zero-order chi connectivity index (χ0) is 19.6. The van der Waals surface area contributed by atoms with Crippen molar-refractivity contribution in [2.75, 3.05) is 33.3 Å². The fraction of sp³-hybridized carbons (Fsp3) is 0.500. The van der Waals surface area contributed by atoms with E-state index in [9.17, 15) is 14.5 Å². The van der Waals surface area contributed by atoms with Gasteiger partial charge in [-0.25, -0.2) is 9.07 Å². The highest BCUT2D eigenvalue weighted by molar-refractivity contribution is 5.39. The number of piperazine rings is 1. The SMILES string of the molecule is COc1ccc(F)cc1C[NH+]1CC[NH+](Cn2nc(C)c([N+](=O)[O-])c2C)CC1. The Labute approximate surface area is 157 Å². The van der Waals surface area contributed by atoms with Gasteiger partial charge in [-0.2, -0.15) is 5.10 Å². The average molecular weight is 379 g/mol. The van der Waals surface area contributed by atoms with Gasteiger partial charge in [-0.1, -0.05) is 0 Å². The lowest BCUT2D eigenvalue weighted by Crippen LogP contribution is -3.27. The first kappa shape index (κ1) is 19.2. The quantitative estimate of drug-likeness (QED) is 0.524. The van der Waals surface area contributed by atoms with Gasteiger partial charge in [0.2, 0.25) is 0 Å². The molecule has 0 saturated carbocycles. The van der Waals surface area contributed by atoms with Crippen molar-refractivity contribution in [2.24, 2.45) is 0 Å². The number of halogens is 1. The summed E-state index contributed by atoms with van der Waals surface area (Å²) in [5.41, 5.74) is 2.05. The number of hydrogen-bond donors (Lipinski definition) is 2. The fourth-order valence-electron chi connectivity index (χ4n) is 3.76. The van der Waals surface area contributed by atoms with E-state index in [1.165, 1.54) is 15.9 Å². The van der Waals surface area contributed by atoms with Gasteiger partial charge in [0, 0.05) is 0 Å². The molecule has 2 heterocycles. The molecule has 9 heteroatoms. The first-order valence-electron chi connectivity index (χ1n) is 9.07. The van der Waals surface area contributed by atoms with Crippen LogP contribution in [-0.4, -0.2) is 48.0 Å². The Morgan fingerprint density at radius 2 is 1.93 bits per heavy atom. The van der Waals surface area contributed by atoms with E-state index in [0.29, 0.717) is 23.8 Å². The molecule has 0 spiro atoms. The number of nitrogens with zero attached hydrogens (tertiary/aromatic N) is 3. The molecule has 1 aliphatic heterocycles. The molecule has 0 atom stereocenters. The first-order valence-corrected chi connectivity index (χ1v) is 9.07. The minimum Gasteiger partial charge on any atom is -0.496 e. The van der Waals surface area contributed by atoms with E-state index in [2.05, 4.69) is 5.10 Å². The van der Waals surface area contributed by atoms with Gasteiger partial charge in [-0.15, -0.1) is 0 Å². The monoisotopic (exact) mass is 379 g/mol. The maximum absolute atomic E-state index is 13.5. The van der Waals surface area contributed by atoms with Gasteiger partial charge in [0.1, 0.15) is 55.7 Å². The van der Waals surface area contributed by atoms with Gasteiger partial charge in [0.05, 0.1) is 17.6 Å². The average Bonchev–Trinajstić information content (AvgIpc) is 2.90. The normalized spacial score (nSPS) is 19.9. The standard InChI is InChI=1S/C18H24FN5O3/c1-13-18(24(25)26)14(2)23(20-13)12-22-8-6-21(7-9-22)11-15-10-16(19)4-5-17(15)27-3/h4-5,10H,6-9,11-12H2,1-3H3/p+2. The number of aromatic nitrogens is 2. The predicted molar refractivity (Wildman–Crippen MR) is 96.4 cm³/mol. The van der Waals surface area contributed by atoms with Crippen LogP contribution in [0.25, 0.3) is 0 Å². The second kappa shape index (κ2) is 8.01. The summed E-state index contributed by atoms with van der Waals surface area (Å²) in [6.07, 6.45) is 0. The summed E-state index contributed by atoms with van der Waals surface area (Å²) < 4.78 is 20.6. The molecule has 146 valence electrons. The molecule has 2 aromatic rings. The molecule has 1 aromatic heterocycles. The highest BCUT2D eigenvalue weighted by Gasteiger charge is 2.27. The Hall–Kier alpha value is -2.52. The van der Waals surface area contributed by atoms with Crippen LogP contribution in [0.4, 0.5) is 10.1 Å². The van der Waals surface area contributed by atoms with Crippen molar-refractivity contribution in [1.82, 2.24) is 9.78 Å². The van der Waals surface area contributed by atoms with Crippen LogP contribution in [-0.2, 0) is 13.2 Å². The van der Waals surface area contributed by atoms with E-state index < -0.39 is 0 Å². The molecule has 3 rings (SSSR count). The Morgan fingerprint density at radius 1 is 1.26 bits per heavy atom. The van der Waals surface area contributed by atoms with Crippen LogP contribution in [0.15, 0.2) is 18.2 Å². The summed E-state index contributed by atoms with van der Waals surface area (Å²) in [6, 6.07) is 4.62. The summed E-state index contributed by atoms with van der Waals surface area (Å²) in [5.74, 6) is 0.467. The van der Waals surface area contributed by atoms with Gasteiger partial charge in [0.15, 0.2) is 6.67 Å². The van der Waals surface area contributed by atoms with Crippen molar-refractivity contribution in [3.05, 3.63) is 51.1 Å². The summed E-state index contributed by atoms with van der Waals surface area (Å²) in [7, 11) is 1.60. The number of aryl methyl sites for hydroxylation is 1. The Kier molecular flexibility index (Phi) is 5.71. The number of methoxy groups -OCH3 is 1. The largest absolute Gasteiger partial charge is 0.496 e. The molecule has 1 saturated heterocycles. The van der Waals surface area contributed by atoms with Gasteiger partial charge in [-0.3, -0.25) is 10.1 Å². The van der Waals surface area contributed by atoms with E-state index in [1.54, 1.807) is 37.8 Å². The summed E-state index contributed by atoms with van der Waals surface area (Å²) >= 11 is 0. The summed E-state index contributed by atoms with van der Waals surface area (Å²) in [5, 5.41) is 15.5. The smallest absolute Gasteiger partial charge is 0.312 e. The van der Waals surface area contributed by atoms with Gasteiger partial charge in [-0.05, 0) is 32.0 Å². The van der Waals surface area contributed by atoms with Crippen LogP contribution >= 0.6 is 0 Å². The highest BCUT2D eigenvalue weighted by Crippen LogP contribution is 2.21. The molecule has 0 amide bonds. The summed E-state index contributed by atoms with van der Waals surface area (Å²) in [4.78, 5) is 13.5. The minimum absolute atomic E-state index is 0.108. The molecule has 0 radical (unpaired) electrons. The van der Waals surface area contributed by atoms with Gasteiger partial charge < -0.3 is 14.5 Å². The third-order valence-corrected chi connectivity index (χ3v) is 5.25. The van der Waals surface area contributed by atoms with Crippen LogP contribution in [0.5, 0.6) is 5.75 Å². The van der Waals surface area contributed by atoms with E-state index in [-0.39, 0.29) is 16.4 Å². The second-order valence-electron chi connectivity index (χ2n) is 7.07. The molecule has 1 aliphatic rings. The van der Waals surface area contributed by atoms with Gasteiger partial charge in [0.25, 0.3) is 0 Å². The predicted octanol–water partition coefficient (Wildman–Crippen LogP) is -0.503. The molecule has 0 unspecified atom stereocenters. The molecule has 8 nitrogen and oxygen atoms in total. The van der Waals surface area contributed by atoms with Crippen molar-refractivity contribution in [3.8, 4) is 5.75 Å². The van der Waals surface area contributed by atoms with Crippen molar-refractivity contribution in [3.63, 3.8) is 0 Å². The fourth-order valence-corrected chi connectivity index (χ4v) is 3.76. The Morgan fingerprint density at radius 3 is 2.52 bits per heavy atom. The maximum Gasteiger partial charge on any atom is 0.312 e. The molecule has 1 fully saturated rings. The number of rotatable bonds is 6. The van der Waals surface area contributed by atoms with Crippen LogP contribution in [0, 0.1) is 29.8 Å². The van der Waals surface area contributed by atoms with Crippen LogP contribution in [0.1, 0.15) is 17.0 Å². The zero-order valence-corrected chi connectivity index (χ0v) is 15.9. The molecule has 0 bridgehead atoms. The van der Waals surface area contributed by atoms with Crippen LogP contribution in [0.3, 0.4) is 0 Å². The molecule has 1 aromatic carbocycles. The number of hydrogen-bond acceptors (Lipinski definition) is 4. The van der Waals surface area contributed by atoms with Crippen molar-refractivity contribution in [2.45, 2.75) is 27.1 Å². The third-order valence-electron chi connectivity index (χ3n) is 5.25. The van der Waals surface area contributed by atoms with Crippen molar-refractivity contribution >= 4 is 5.69 Å². The minimum atomic E-state index is -0.363. The van der Waals surface area contributed by atoms with E-state index in [4.69, 9.17) is 4.74 Å². The number of nitro groups is 1. The molecular weight excluding hydrogens is 353 g/mol. The lowest BCUT2D eigenvalue weighted by molar-refractivity contribution is -1.03. The van der Waals surface area contributed by atoms with E-state index >= 15 is 0 Å². The van der Waals surface area contributed by atoms with Crippen LogP contribution < -0.4 is 14.5 Å². The summed E-state index contributed by atoms with van der Waals surface area (Å²) in [6.45, 7) is 8.50.